The van der Waals surface area contributed by atoms with Gasteiger partial charge in [-0.3, -0.25) is 0 Å². The Morgan fingerprint density at radius 1 is 1.41 bits per heavy atom. The predicted molar refractivity (Wildman–Crippen MR) is 83.8 cm³/mol. The Bertz CT molecular complexity index is 654. The number of rotatable bonds is 4. The van der Waals surface area contributed by atoms with Crippen molar-refractivity contribution in [3.63, 3.8) is 0 Å². The highest BCUT2D eigenvalue weighted by Gasteiger charge is 2.20. The Kier molecular flexibility index (Phi) is 4.93. The van der Waals surface area contributed by atoms with Gasteiger partial charge in [0.05, 0.1) is 21.5 Å². The molecule has 118 valence electrons. The maximum Gasteiger partial charge on any atom is 0.148 e. The van der Waals surface area contributed by atoms with Crippen LogP contribution in [0.5, 0.6) is 0 Å². The highest BCUT2D eigenvalue weighted by molar-refractivity contribution is 7.16. The molecule has 0 saturated heterocycles. The fraction of sp³-hybridized carbons (Fsp3) is 0.333. The van der Waals surface area contributed by atoms with Crippen LogP contribution >= 0.6 is 22.9 Å². The van der Waals surface area contributed by atoms with Gasteiger partial charge in [-0.15, -0.1) is 11.3 Å². The molecule has 7 heteroatoms. The summed E-state index contributed by atoms with van der Waals surface area (Å²) in [6.45, 7) is 1.63. The third kappa shape index (κ3) is 3.57. The number of hydrogen-bond donors (Lipinski definition) is 2. The van der Waals surface area contributed by atoms with E-state index in [1.54, 1.807) is 6.08 Å². The van der Waals surface area contributed by atoms with Crippen LogP contribution in [-0.4, -0.2) is 19.3 Å². The number of nitrogens with one attached hydrogen (secondary N) is 2. The van der Waals surface area contributed by atoms with E-state index in [1.165, 1.54) is 12.1 Å². The zero-order valence-electron chi connectivity index (χ0n) is 11.7. The lowest BCUT2D eigenvalue weighted by Crippen LogP contribution is -2.34. The Labute approximate surface area is 136 Å². The largest absolute Gasteiger partial charge is 0.354 e. The van der Waals surface area contributed by atoms with Crippen molar-refractivity contribution in [1.29, 1.82) is 0 Å². The van der Waals surface area contributed by atoms with Crippen LogP contribution in [0.2, 0.25) is 4.34 Å². The molecular weight excluding hydrogens is 330 g/mol. The average molecular weight is 345 g/mol. The summed E-state index contributed by atoms with van der Waals surface area (Å²) in [5.74, 6) is -0.684. The number of hydrogen-bond acceptors (Lipinski definition) is 4. The Morgan fingerprint density at radius 3 is 2.95 bits per heavy atom. The minimum atomic E-state index is -0.495. The molecule has 0 aromatic carbocycles. The van der Waals surface area contributed by atoms with Crippen LogP contribution in [-0.2, 0) is 11.3 Å². The maximum absolute atomic E-state index is 14.0. The number of dihydropyridines is 1. The summed E-state index contributed by atoms with van der Waals surface area (Å²) in [7, 11) is 0. The highest BCUT2D eigenvalue weighted by atomic mass is 35.5. The van der Waals surface area contributed by atoms with Gasteiger partial charge in [-0.25, -0.2) is 8.78 Å². The van der Waals surface area contributed by atoms with Crippen molar-refractivity contribution in [1.82, 2.24) is 10.6 Å². The monoisotopic (exact) mass is 344 g/mol. The standard InChI is InChI=1S/C15H15ClF2N2OS/c16-13-7-11(18)12(22-13)8-21-14-2-1-10(17)15(20-14)9-3-5-19-6-4-9/h1-3,7,14,19-20H,4-6,8H2. The summed E-state index contributed by atoms with van der Waals surface area (Å²) < 4.78 is 33.5. The summed E-state index contributed by atoms with van der Waals surface area (Å²) >= 11 is 6.89. The first-order valence-corrected chi connectivity index (χ1v) is 8.13. The molecule has 0 saturated carbocycles. The quantitative estimate of drug-likeness (QED) is 0.874. The summed E-state index contributed by atoms with van der Waals surface area (Å²) in [6, 6.07) is 1.26. The molecule has 2 aliphatic heterocycles. The Morgan fingerprint density at radius 2 is 2.27 bits per heavy atom. The van der Waals surface area contributed by atoms with Crippen molar-refractivity contribution >= 4 is 22.9 Å². The van der Waals surface area contributed by atoms with E-state index in [-0.39, 0.29) is 18.3 Å². The molecule has 1 aromatic heterocycles. The molecule has 0 radical (unpaired) electrons. The number of thiophene rings is 1. The van der Waals surface area contributed by atoms with Gasteiger partial charge >= 0.3 is 0 Å². The van der Waals surface area contributed by atoms with Gasteiger partial charge in [0.15, 0.2) is 0 Å². The molecule has 2 N–H and O–H groups in total. The van der Waals surface area contributed by atoms with Crippen molar-refractivity contribution in [2.45, 2.75) is 19.3 Å². The van der Waals surface area contributed by atoms with Crippen LogP contribution in [0.4, 0.5) is 8.78 Å². The van der Waals surface area contributed by atoms with Gasteiger partial charge in [0.25, 0.3) is 0 Å². The van der Waals surface area contributed by atoms with E-state index in [1.807, 2.05) is 6.08 Å². The first kappa shape index (κ1) is 15.7. The second-order valence-electron chi connectivity index (χ2n) is 4.96. The van der Waals surface area contributed by atoms with Crippen molar-refractivity contribution in [3.8, 4) is 0 Å². The maximum atomic E-state index is 14.0. The summed E-state index contributed by atoms with van der Waals surface area (Å²) in [6.07, 6.45) is 5.18. The normalized spacial score (nSPS) is 21.8. The molecular formula is C15H15ClF2N2OS. The van der Waals surface area contributed by atoms with E-state index in [2.05, 4.69) is 10.6 Å². The predicted octanol–water partition coefficient (Wildman–Crippen LogP) is 3.64. The molecule has 0 aliphatic carbocycles. The van der Waals surface area contributed by atoms with Crippen LogP contribution in [0, 0.1) is 5.82 Å². The fourth-order valence-electron chi connectivity index (χ4n) is 2.35. The number of allylic oxidation sites excluding steroid dienone is 3. The van der Waals surface area contributed by atoms with Crippen molar-refractivity contribution in [3.05, 3.63) is 56.4 Å². The Balaban J connectivity index is 1.64. The highest BCUT2D eigenvalue weighted by Crippen LogP contribution is 2.27. The lowest BCUT2D eigenvalue weighted by molar-refractivity contribution is 0.0551. The van der Waals surface area contributed by atoms with Crippen molar-refractivity contribution in [2.75, 3.05) is 13.1 Å². The molecule has 2 aliphatic rings. The second-order valence-corrected chi connectivity index (χ2v) is 6.73. The van der Waals surface area contributed by atoms with Gasteiger partial charge in [0.1, 0.15) is 17.9 Å². The molecule has 0 bridgehead atoms. The smallest absolute Gasteiger partial charge is 0.148 e. The minimum Gasteiger partial charge on any atom is -0.354 e. The molecule has 0 spiro atoms. The van der Waals surface area contributed by atoms with Gasteiger partial charge in [0.2, 0.25) is 0 Å². The zero-order chi connectivity index (χ0) is 15.5. The van der Waals surface area contributed by atoms with Crippen LogP contribution in [0.25, 0.3) is 0 Å². The molecule has 1 atom stereocenters. The zero-order valence-corrected chi connectivity index (χ0v) is 13.2. The molecule has 0 amide bonds. The number of ether oxygens (including phenoxy) is 1. The minimum absolute atomic E-state index is 0.0841. The molecule has 3 rings (SSSR count). The molecule has 3 nitrogen and oxygen atoms in total. The first-order valence-electron chi connectivity index (χ1n) is 6.93. The summed E-state index contributed by atoms with van der Waals surface area (Å²) in [5, 5.41) is 6.20. The number of halogens is 3. The van der Waals surface area contributed by atoms with Crippen LogP contribution < -0.4 is 10.6 Å². The van der Waals surface area contributed by atoms with Crippen molar-refractivity contribution in [2.24, 2.45) is 0 Å². The molecule has 1 aromatic rings. The molecule has 22 heavy (non-hydrogen) atoms. The van der Waals surface area contributed by atoms with Gasteiger partial charge in [-0.2, -0.15) is 0 Å². The van der Waals surface area contributed by atoms with Crippen LogP contribution in [0.1, 0.15) is 11.3 Å². The third-order valence-electron chi connectivity index (χ3n) is 3.45. The van der Waals surface area contributed by atoms with Crippen LogP contribution in [0.15, 0.2) is 41.4 Å². The van der Waals surface area contributed by atoms with Crippen LogP contribution in [0.3, 0.4) is 0 Å². The SMILES string of the molecule is FC1=C(C2=CCNCC2)NC(OCc2sc(Cl)cc2F)C=C1. The van der Waals surface area contributed by atoms with E-state index in [4.69, 9.17) is 16.3 Å². The van der Waals surface area contributed by atoms with Gasteiger partial charge < -0.3 is 15.4 Å². The third-order valence-corrected chi connectivity index (χ3v) is 4.66. The second kappa shape index (κ2) is 6.91. The molecule has 3 heterocycles. The van der Waals surface area contributed by atoms with E-state index in [0.717, 1.165) is 36.4 Å². The molecule has 1 unspecified atom stereocenters. The molecule has 0 fully saturated rings. The topological polar surface area (TPSA) is 33.3 Å². The lowest BCUT2D eigenvalue weighted by Gasteiger charge is -2.26. The average Bonchev–Trinajstić information content (AvgIpc) is 2.85. The van der Waals surface area contributed by atoms with E-state index < -0.39 is 6.23 Å². The van der Waals surface area contributed by atoms with Gasteiger partial charge in [0, 0.05) is 12.6 Å². The van der Waals surface area contributed by atoms with E-state index in [9.17, 15) is 8.78 Å². The summed E-state index contributed by atoms with van der Waals surface area (Å²) in [4.78, 5) is 0.429. The van der Waals surface area contributed by atoms with Crippen molar-refractivity contribution < 1.29 is 13.5 Å². The first-order chi connectivity index (χ1) is 10.6. The van der Waals surface area contributed by atoms with Gasteiger partial charge in [-0.1, -0.05) is 17.7 Å². The lowest BCUT2D eigenvalue weighted by atomic mass is 10.0. The fourth-order valence-corrected chi connectivity index (χ4v) is 3.40. The van der Waals surface area contributed by atoms with E-state index >= 15 is 0 Å². The van der Waals surface area contributed by atoms with Gasteiger partial charge in [-0.05, 0) is 30.7 Å². The Hall–Kier alpha value is -1.21. The van der Waals surface area contributed by atoms with E-state index in [0.29, 0.717) is 14.9 Å². The summed E-state index contributed by atoms with van der Waals surface area (Å²) in [5.41, 5.74) is 1.39.